The molecule has 4 aromatic carbocycles. The van der Waals surface area contributed by atoms with E-state index in [1.165, 1.54) is 44.2 Å². The fourth-order valence-electron chi connectivity index (χ4n) is 4.55. The third-order valence-corrected chi connectivity index (χ3v) is 9.30. The molecule has 2 N–H and O–H groups in total. The third-order valence-electron chi connectivity index (χ3n) is 6.59. The van der Waals surface area contributed by atoms with Crippen molar-refractivity contribution in [1.82, 2.24) is 0 Å². The number of nitrogens with zero attached hydrogens (tertiary/aromatic N) is 2. The normalized spacial score (nSPS) is 11.6. The minimum absolute atomic E-state index is 0.00524. The number of anilines is 2. The summed E-state index contributed by atoms with van der Waals surface area (Å²) < 4.78 is 69.1. The van der Waals surface area contributed by atoms with E-state index in [0.717, 1.165) is 48.5 Å². The first kappa shape index (κ1) is 34.3. The maximum absolute atomic E-state index is 13.6. The van der Waals surface area contributed by atoms with Gasteiger partial charge >= 0.3 is 11.9 Å². The third kappa shape index (κ3) is 7.45. The Hall–Kier alpha value is -5.62. The van der Waals surface area contributed by atoms with Gasteiger partial charge in [0.1, 0.15) is 0 Å². The molecule has 4 rings (SSSR count). The van der Waals surface area contributed by atoms with E-state index in [9.17, 15) is 46.7 Å². The number of hydrogen-bond acceptors (Lipinski definition) is 12. The van der Waals surface area contributed by atoms with Gasteiger partial charge in [-0.3, -0.25) is 39.3 Å². The summed E-state index contributed by atoms with van der Waals surface area (Å²) in [5.74, 6) is -4.24. The molecule has 0 radical (unpaired) electrons. The molecule has 47 heavy (non-hydrogen) atoms. The number of carbonyl (C=O) groups is 2. The summed E-state index contributed by atoms with van der Waals surface area (Å²) in [6, 6.07) is 15.1. The predicted molar refractivity (Wildman–Crippen MR) is 168 cm³/mol. The molecule has 16 nitrogen and oxygen atoms in total. The van der Waals surface area contributed by atoms with Gasteiger partial charge in [0.2, 0.25) is 0 Å². The number of fused-ring (bicyclic) bond motifs is 1. The van der Waals surface area contributed by atoms with E-state index in [4.69, 9.17) is 9.47 Å². The molecular formula is C29H26N4O12S2. The van der Waals surface area contributed by atoms with Gasteiger partial charge in [0.05, 0.1) is 44.2 Å². The van der Waals surface area contributed by atoms with Crippen LogP contribution in [-0.4, -0.2) is 51.8 Å². The number of nitro groups is 2. The summed E-state index contributed by atoms with van der Waals surface area (Å²) in [5, 5.41) is 22.7. The SMILES string of the molecule is CCOC(=O)C(C(=O)OCC)c1cc(NS(=O)(=O)c2cccc([N+](=O)[O-])c2)c2ccccc2c1NS(=O)(=O)c1cccc([N+](=O)[O-])c1. The second-order valence-corrected chi connectivity index (χ2v) is 13.0. The second kappa shape index (κ2) is 13.8. The van der Waals surface area contributed by atoms with Gasteiger partial charge < -0.3 is 9.47 Å². The van der Waals surface area contributed by atoms with Crippen molar-refractivity contribution in [3.8, 4) is 0 Å². The Labute approximate surface area is 267 Å². The van der Waals surface area contributed by atoms with Gasteiger partial charge in [-0.05, 0) is 32.0 Å². The van der Waals surface area contributed by atoms with Crippen LogP contribution in [0.4, 0.5) is 22.7 Å². The van der Waals surface area contributed by atoms with Crippen molar-refractivity contribution in [1.29, 1.82) is 0 Å². The first-order valence-electron chi connectivity index (χ1n) is 13.6. The lowest BCUT2D eigenvalue weighted by atomic mass is 9.93. The van der Waals surface area contributed by atoms with Gasteiger partial charge in [0.25, 0.3) is 31.4 Å². The van der Waals surface area contributed by atoms with Gasteiger partial charge in [0, 0.05) is 40.6 Å². The summed E-state index contributed by atoms with van der Waals surface area (Å²) in [6.07, 6.45) is 0. The van der Waals surface area contributed by atoms with E-state index in [2.05, 4.69) is 9.44 Å². The number of esters is 2. The minimum Gasteiger partial charge on any atom is -0.465 e. The fourth-order valence-corrected chi connectivity index (χ4v) is 6.81. The standard InChI is InChI=1S/C29H26N4O12S2/c1-3-44-28(34)26(29(35)45-4-2)24-17-25(30-46(40,41)20-11-7-9-18(15-20)32(36)37)22-13-5-6-14-23(22)27(24)31-47(42,43)21-12-8-10-19(16-21)33(38)39/h5-17,26,30-31H,3-4H2,1-2H3. The Kier molecular flexibility index (Phi) is 10.1. The monoisotopic (exact) mass is 686 g/mol. The zero-order valence-corrected chi connectivity index (χ0v) is 26.2. The number of benzene rings is 4. The van der Waals surface area contributed by atoms with Crippen LogP contribution in [0.15, 0.2) is 88.7 Å². The highest BCUT2D eigenvalue weighted by molar-refractivity contribution is 7.93. The molecule has 0 bridgehead atoms. The zero-order valence-electron chi connectivity index (χ0n) is 24.6. The minimum atomic E-state index is -4.66. The molecule has 0 heterocycles. The van der Waals surface area contributed by atoms with Crippen LogP contribution in [0, 0.1) is 20.2 Å². The van der Waals surface area contributed by atoms with E-state index >= 15 is 0 Å². The maximum atomic E-state index is 13.6. The van der Waals surface area contributed by atoms with Crippen LogP contribution in [-0.2, 0) is 39.1 Å². The highest BCUT2D eigenvalue weighted by atomic mass is 32.2. The summed E-state index contributed by atoms with van der Waals surface area (Å²) >= 11 is 0. The first-order valence-corrected chi connectivity index (χ1v) is 16.6. The molecule has 4 aromatic rings. The van der Waals surface area contributed by atoms with Crippen LogP contribution < -0.4 is 9.44 Å². The van der Waals surface area contributed by atoms with Gasteiger partial charge in [-0.1, -0.05) is 36.4 Å². The number of sulfonamides is 2. The summed E-state index contributed by atoms with van der Waals surface area (Å²) in [6.45, 7) is 2.54. The molecule has 246 valence electrons. The molecule has 18 heteroatoms. The average Bonchev–Trinajstić information content (AvgIpc) is 3.03. The molecule has 0 aliphatic carbocycles. The average molecular weight is 687 g/mol. The van der Waals surface area contributed by atoms with Crippen LogP contribution in [0.25, 0.3) is 10.8 Å². The summed E-state index contributed by atoms with van der Waals surface area (Å²) in [4.78, 5) is 46.5. The lowest BCUT2D eigenvalue weighted by Crippen LogP contribution is -2.28. The van der Waals surface area contributed by atoms with Crippen LogP contribution in [0.1, 0.15) is 25.3 Å². The van der Waals surface area contributed by atoms with Crippen molar-refractivity contribution in [2.45, 2.75) is 29.6 Å². The van der Waals surface area contributed by atoms with Crippen molar-refractivity contribution < 1.29 is 45.7 Å². The number of rotatable bonds is 13. The molecule has 0 aliphatic rings. The summed E-state index contributed by atoms with van der Waals surface area (Å²) in [7, 11) is -9.22. The zero-order chi connectivity index (χ0) is 34.5. The molecule has 0 aromatic heterocycles. The van der Waals surface area contributed by atoms with Gasteiger partial charge in [0.15, 0.2) is 5.92 Å². The number of nitrogens with one attached hydrogen (secondary N) is 2. The topological polar surface area (TPSA) is 231 Å². The highest BCUT2D eigenvalue weighted by Gasteiger charge is 2.36. The van der Waals surface area contributed by atoms with Crippen LogP contribution >= 0.6 is 0 Å². The number of carbonyl (C=O) groups excluding carboxylic acids is 2. The van der Waals surface area contributed by atoms with E-state index < -0.39 is 68.9 Å². The van der Waals surface area contributed by atoms with Crippen LogP contribution in [0.5, 0.6) is 0 Å². The largest absolute Gasteiger partial charge is 0.465 e. The Morgan fingerprint density at radius 3 is 1.64 bits per heavy atom. The number of nitro benzene ring substituents is 2. The van der Waals surface area contributed by atoms with Crippen LogP contribution in [0.2, 0.25) is 0 Å². The van der Waals surface area contributed by atoms with Crippen molar-refractivity contribution in [2.75, 3.05) is 22.7 Å². The fraction of sp³-hybridized carbons (Fsp3) is 0.172. The maximum Gasteiger partial charge on any atom is 0.324 e. The first-order chi connectivity index (χ1) is 22.2. The van der Waals surface area contributed by atoms with Crippen molar-refractivity contribution in [3.63, 3.8) is 0 Å². The smallest absolute Gasteiger partial charge is 0.324 e. The quantitative estimate of drug-likeness (QED) is 0.0859. The van der Waals surface area contributed by atoms with Crippen molar-refractivity contribution in [3.05, 3.63) is 105 Å². The second-order valence-electron chi connectivity index (χ2n) is 9.59. The molecule has 0 atom stereocenters. The molecule has 0 fully saturated rings. The number of hydrogen-bond donors (Lipinski definition) is 2. The molecule has 0 aliphatic heterocycles. The lowest BCUT2D eigenvalue weighted by molar-refractivity contribution is -0.385. The van der Waals surface area contributed by atoms with Gasteiger partial charge in [-0.2, -0.15) is 0 Å². The predicted octanol–water partition coefficient (Wildman–Crippen LogP) is 4.47. The Balaban J connectivity index is 2.01. The Morgan fingerprint density at radius 2 is 1.17 bits per heavy atom. The molecule has 0 saturated heterocycles. The Morgan fingerprint density at radius 1 is 0.702 bits per heavy atom. The van der Waals surface area contributed by atoms with Gasteiger partial charge in [-0.15, -0.1) is 0 Å². The Bertz CT molecular complexity index is 2100. The van der Waals surface area contributed by atoms with Crippen LogP contribution in [0.3, 0.4) is 0 Å². The molecule has 0 saturated carbocycles. The highest BCUT2D eigenvalue weighted by Crippen LogP contribution is 2.40. The van der Waals surface area contributed by atoms with Crippen molar-refractivity contribution in [2.24, 2.45) is 0 Å². The molecule has 0 amide bonds. The number of non-ortho nitro benzene ring substituents is 2. The molecule has 0 spiro atoms. The van der Waals surface area contributed by atoms with Gasteiger partial charge in [-0.25, -0.2) is 16.8 Å². The number of ether oxygens (including phenoxy) is 2. The molecular weight excluding hydrogens is 660 g/mol. The molecule has 0 unspecified atom stereocenters. The van der Waals surface area contributed by atoms with E-state index in [0.29, 0.717) is 0 Å². The van der Waals surface area contributed by atoms with E-state index in [-0.39, 0.29) is 40.9 Å². The van der Waals surface area contributed by atoms with E-state index in [1.807, 2.05) is 0 Å². The van der Waals surface area contributed by atoms with Crippen molar-refractivity contribution >= 4 is 65.5 Å². The summed E-state index contributed by atoms with van der Waals surface area (Å²) in [5.41, 5.74) is -2.00. The lowest BCUT2D eigenvalue weighted by Gasteiger charge is -2.23. The van der Waals surface area contributed by atoms with E-state index in [1.54, 1.807) is 0 Å².